The second kappa shape index (κ2) is 10.1. The third-order valence-corrected chi connectivity index (χ3v) is 4.41. The van der Waals surface area contributed by atoms with Crippen molar-refractivity contribution in [3.63, 3.8) is 0 Å². The van der Waals surface area contributed by atoms with E-state index < -0.39 is 0 Å². The molecule has 1 aromatic rings. The molecule has 1 aromatic carbocycles. The Hall–Kier alpha value is -1.22. The van der Waals surface area contributed by atoms with E-state index in [0.717, 1.165) is 50.0 Å². The Morgan fingerprint density at radius 3 is 2.68 bits per heavy atom. The van der Waals surface area contributed by atoms with Gasteiger partial charge < -0.3 is 24.4 Å². The zero-order valence-corrected chi connectivity index (χ0v) is 17.3. The lowest BCUT2D eigenvalue weighted by Crippen LogP contribution is -2.50. The molecular formula is C18H28IN3O3. The fourth-order valence-electron chi connectivity index (χ4n) is 3.17. The maximum absolute atomic E-state index is 5.98. The van der Waals surface area contributed by atoms with Crippen LogP contribution in [0.5, 0.6) is 11.5 Å². The number of para-hydroxylation sites is 2. The molecule has 140 valence electrons. The number of hydrogen-bond donors (Lipinski definition) is 1. The third kappa shape index (κ3) is 5.37. The molecule has 2 aliphatic rings. The van der Waals surface area contributed by atoms with Crippen molar-refractivity contribution in [1.29, 1.82) is 0 Å². The van der Waals surface area contributed by atoms with Crippen LogP contribution in [0.2, 0.25) is 0 Å². The Balaban J connectivity index is 0.00000225. The monoisotopic (exact) mass is 461 g/mol. The predicted octanol–water partition coefficient (Wildman–Crippen LogP) is 2.52. The van der Waals surface area contributed by atoms with Gasteiger partial charge >= 0.3 is 0 Å². The van der Waals surface area contributed by atoms with Gasteiger partial charge in [0.2, 0.25) is 0 Å². The van der Waals surface area contributed by atoms with Gasteiger partial charge in [-0.3, -0.25) is 4.99 Å². The number of nitrogens with one attached hydrogen (secondary N) is 1. The SMILES string of the molecule is CCOC1CCN(C(=NC)NCC2COc3ccccc3O2)CC1.I. The summed E-state index contributed by atoms with van der Waals surface area (Å²) in [5.41, 5.74) is 0. The number of benzene rings is 1. The summed E-state index contributed by atoms with van der Waals surface area (Å²) >= 11 is 0. The highest BCUT2D eigenvalue weighted by Gasteiger charge is 2.24. The van der Waals surface area contributed by atoms with Crippen LogP contribution in [0.1, 0.15) is 19.8 Å². The Bertz CT molecular complexity index is 562. The lowest BCUT2D eigenvalue weighted by molar-refractivity contribution is 0.0261. The molecule has 1 fully saturated rings. The minimum absolute atomic E-state index is 0. The van der Waals surface area contributed by atoms with E-state index in [0.29, 0.717) is 19.3 Å². The van der Waals surface area contributed by atoms with Crippen LogP contribution in [0.3, 0.4) is 0 Å². The van der Waals surface area contributed by atoms with Crippen LogP contribution in [0.15, 0.2) is 29.3 Å². The minimum Gasteiger partial charge on any atom is -0.486 e. The molecule has 2 aliphatic heterocycles. The normalized spacial score (nSPS) is 20.8. The maximum Gasteiger partial charge on any atom is 0.193 e. The number of ether oxygens (including phenoxy) is 3. The van der Waals surface area contributed by atoms with Crippen molar-refractivity contribution >= 4 is 29.9 Å². The first-order chi connectivity index (χ1) is 11.8. The van der Waals surface area contributed by atoms with E-state index in [1.54, 1.807) is 0 Å². The molecule has 25 heavy (non-hydrogen) atoms. The number of aliphatic imine (C=N–C) groups is 1. The Kier molecular flexibility index (Phi) is 8.08. The molecule has 0 aromatic heterocycles. The van der Waals surface area contributed by atoms with Gasteiger partial charge in [0.05, 0.1) is 12.6 Å². The molecule has 1 N–H and O–H groups in total. The second-order valence-electron chi connectivity index (χ2n) is 6.07. The summed E-state index contributed by atoms with van der Waals surface area (Å²) in [7, 11) is 1.82. The van der Waals surface area contributed by atoms with E-state index in [2.05, 4.69) is 22.1 Å². The van der Waals surface area contributed by atoms with Crippen LogP contribution in [0.25, 0.3) is 0 Å². The second-order valence-corrected chi connectivity index (χ2v) is 6.07. The molecule has 2 heterocycles. The van der Waals surface area contributed by atoms with Gasteiger partial charge in [-0.25, -0.2) is 0 Å². The number of rotatable bonds is 4. The highest BCUT2D eigenvalue weighted by molar-refractivity contribution is 14.0. The van der Waals surface area contributed by atoms with Crippen molar-refractivity contribution in [3.05, 3.63) is 24.3 Å². The molecule has 1 saturated heterocycles. The zero-order valence-electron chi connectivity index (χ0n) is 14.9. The molecule has 1 unspecified atom stereocenters. The first kappa shape index (κ1) is 20.1. The Labute approximate surface area is 166 Å². The van der Waals surface area contributed by atoms with Gasteiger partial charge in [0.15, 0.2) is 17.5 Å². The number of fused-ring (bicyclic) bond motifs is 1. The summed E-state index contributed by atoms with van der Waals surface area (Å²) in [6.45, 7) is 6.00. The number of halogens is 1. The topological polar surface area (TPSA) is 55.3 Å². The van der Waals surface area contributed by atoms with Crippen molar-refractivity contribution < 1.29 is 14.2 Å². The quantitative estimate of drug-likeness (QED) is 0.425. The molecule has 0 amide bonds. The van der Waals surface area contributed by atoms with Crippen molar-refractivity contribution in [2.24, 2.45) is 4.99 Å². The predicted molar refractivity (Wildman–Crippen MR) is 109 cm³/mol. The Morgan fingerprint density at radius 2 is 2.00 bits per heavy atom. The van der Waals surface area contributed by atoms with E-state index in [1.807, 2.05) is 31.3 Å². The molecule has 6 nitrogen and oxygen atoms in total. The van der Waals surface area contributed by atoms with Crippen molar-refractivity contribution in [2.75, 3.05) is 39.9 Å². The van der Waals surface area contributed by atoms with Crippen molar-refractivity contribution in [1.82, 2.24) is 10.2 Å². The average molecular weight is 461 g/mol. The smallest absolute Gasteiger partial charge is 0.193 e. The van der Waals surface area contributed by atoms with Crippen molar-refractivity contribution in [2.45, 2.75) is 32.0 Å². The highest BCUT2D eigenvalue weighted by atomic mass is 127. The highest BCUT2D eigenvalue weighted by Crippen LogP contribution is 2.30. The number of likely N-dealkylation sites (tertiary alicyclic amines) is 1. The summed E-state index contributed by atoms with van der Waals surface area (Å²) in [6.07, 6.45) is 2.46. The molecule has 0 spiro atoms. The van der Waals surface area contributed by atoms with Crippen LogP contribution in [0, 0.1) is 0 Å². The summed E-state index contributed by atoms with van der Waals surface area (Å²) in [6, 6.07) is 7.78. The molecule has 0 bridgehead atoms. The number of nitrogens with zero attached hydrogens (tertiary/aromatic N) is 2. The molecule has 1 atom stereocenters. The fourth-order valence-corrected chi connectivity index (χ4v) is 3.17. The molecule has 0 aliphatic carbocycles. The van der Waals surface area contributed by atoms with Gasteiger partial charge in [-0.05, 0) is 31.9 Å². The average Bonchev–Trinajstić information content (AvgIpc) is 2.63. The minimum atomic E-state index is -0.0161. The van der Waals surface area contributed by atoms with Crippen LogP contribution in [0.4, 0.5) is 0 Å². The molecule has 7 heteroatoms. The van der Waals surface area contributed by atoms with E-state index >= 15 is 0 Å². The molecule has 0 radical (unpaired) electrons. The lowest BCUT2D eigenvalue weighted by atomic mass is 10.1. The van der Waals surface area contributed by atoms with E-state index in [9.17, 15) is 0 Å². The maximum atomic E-state index is 5.98. The number of hydrogen-bond acceptors (Lipinski definition) is 4. The van der Waals surface area contributed by atoms with E-state index in [-0.39, 0.29) is 30.1 Å². The molecule has 0 saturated carbocycles. The fraction of sp³-hybridized carbons (Fsp3) is 0.611. The van der Waals surface area contributed by atoms with E-state index in [1.165, 1.54) is 0 Å². The van der Waals surface area contributed by atoms with Gasteiger partial charge in [0.1, 0.15) is 12.7 Å². The third-order valence-electron chi connectivity index (χ3n) is 4.41. The van der Waals surface area contributed by atoms with Crippen LogP contribution < -0.4 is 14.8 Å². The summed E-state index contributed by atoms with van der Waals surface area (Å²) in [4.78, 5) is 6.69. The zero-order chi connectivity index (χ0) is 16.8. The lowest BCUT2D eigenvalue weighted by Gasteiger charge is -2.35. The summed E-state index contributed by atoms with van der Waals surface area (Å²) in [5, 5.41) is 3.42. The van der Waals surface area contributed by atoms with Gasteiger partial charge in [0, 0.05) is 26.7 Å². The standard InChI is InChI=1S/C18H27N3O3.HI/c1-3-22-14-8-10-21(11-9-14)18(19-2)20-12-15-13-23-16-6-4-5-7-17(16)24-15;/h4-7,14-15H,3,8-13H2,1-2H3,(H,19,20);1H. The van der Waals surface area contributed by atoms with Crippen molar-refractivity contribution in [3.8, 4) is 11.5 Å². The first-order valence-corrected chi connectivity index (χ1v) is 8.75. The van der Waals surface area contributed by atoms with Gasteiger partial charge in [0.25, 0.3) is 0 Å². The van der Waals surface area contributed by atoms with Crippen LogP contribution in [-0.2, 0) is 4.74 Å². The van der Waals surface area contributed by atoms with Gasteiger partial charge in [-0.15, -0.1) is 24.0 Å². The molecular weight excluding hydrogens is 433 g/mol. The van der Waals surface area contributed by atoms with Crippen LogP contribution in [-0.4, -0.2) is 63.0 Å². The summed E-state index contributed by atoms with van der Waals surface area (Å²) in [5.74, 6) is 2.55. The first-order valence-electron chi connectivity index (χ1n) is 8.75. The van der Waals surface area contributed by atoms with E-state index in [4.69, 9.17) is 14.2 Å². The molecule has 3 rings (SSSR count). The van der Waals surface area contributed by atoms with Gasteiger partial charge in [-0.1, -0.05) is 12.1 Å². The van der Waals surface area contributed by atoms with Gasteiger partial charge in [-0.2, -0.15) is 0 Å². The number of guanidine groups is 1. The number of piperidine rings is 1. The van der Waals surface area contributed by atoms with Crippen LogP contribution >= 0.6 is 24.0 Å². The Morgan fingerprint density at radius 1 is 1.28 bits per heavy atom. The summed E-state index contributed by atoms with van der Waals surface area (Å²) < 4.78 is 17.4. The largest absolute Gasteiger partial charge is 0.486 e.